The zero-order chi connectivity index (χ0) is 8.81. The van der Waals surface area contributed by atoms with Crippen LogP contribution < -0.4 is 10.6 Å². The van der Waals surface area contributed by atoms with E-state index in [1.807, 2.05) is 0 Å². The van der Waals surface area contributed by atoms with Crippen LogP contribution in [0.25, 0.3) is 0 Å². The van der Waals surface area contributed by atoms with Gasteiger partial charge < -0.3 is 10.6 Å². The molecule has 0 saturated heterocycles. The van der Waals surface area contributed by atoms with E-state index in [1.54, 1.807) is 7.05 Å². The average molecular weight is 170 g/mol. The third-order valence-corrected chi connectivity index (χ3v) is 2.44. The molecule has 1 fully saturated rings. The van der Waals surface area contributed by atoms with Crippen molar-refractivity contribution in [1.29, 1.82) is 0 Å². The maximum atomic E-state index is 11.0. The molecule has 1 saturated carbocycles. The highest BCUT2D eigenvalue weighted by atomic mass is 16.1. The summed E-state index contributed by atoms with van der Waals surface area (Å²) in [5.41, 5.74) is 0. The smallest absolute Gasteiger partial charge is 0.233 e. The number of carbonyl (C=O) groups excluding carboxylic acids is 1. The SMILES string of the molecule is CNCC(=O)NCCC1CCC1. The maximum Gasteiger partial charge on any atom is 0.233 e. The standard InChI is InChI=1S/C9H18N2O/c1-10-7-9(12)11-6-5-8-3-2-4-8/h8,10H,2-7H2,1H3,(H,11,12). The molecule has 0 aromatic heterocycles. The molecule has 0 aromatic carbocycles. The Labute approximate surface area is 73.9 Å². The molecule has 3 nitrogen and oxygen atoms in total. The molecule has 0 bridgehead atoms. The summed E-state index contributed by atoms with van der Waals surface area (Å²) < 4.78 is 0. The fraction of sp³-hybridized carbons (Fsp3) is 0.889. The molecule has 0 spiro atoms. The molecule has 1 aliphatic rings. The minimum absolute atomic E-state index is 0.108. The Bertz CT molecular complexity index is 143. The van der Waals surface area contributed by atoms with Gasteiger partial charge in [0.15, 0.2) is 0 Å². The quantitative estimate of drug-likeness (QED) is 0.631. The van der Waals surface area contributed by atoms with Crippen LogP contribution in [0.1, 0.15) is 25.7 Å². The minimum atomic E-state index is 0.108. The predicted molar refractivity (Wildman–Crippen MR) is 48.9 cm³/mol. The van der Waals surface area contributed by atoms with Crippen LogP contribution in [0, 0.1) is 5.92 Å². The summed E-state index contributed by atoms with van der Waals surface area (Å²) in [6.07, 6.45) is 5.27. The average Bonchev–Trinajstić information content (AvgIpc) is 1.95. The zero-order valence-electron chi connectivity index (χ0n) is 7.73. The van der Waals surface area contributed by atoms with Crippen molar-refractivity contribution >= 4 is 5.91 Å². The fourth-order valence-corrected chi connectivity index (χ4v) is 1.42. The Kier molecular flexibility index (Phi) is 4.08. The monoisotopic (exact) mass is 170 g/mol. The second-order valence-electron chi connectivity index (χ2n) is 3.47. The first-order valence-corrected chi connectivity index (χ1v) is 4.74. The van der Waals surface area contributed by atoms with Crippen LogP contribution in [0.3, 0.4) is 0 Å². The third kappa shape index (κ3) is 3.22. The van der Waals surface area contributed by atoms with Crippen molar-refractivity contribution in [2.24, 2.45) is 5.92 Å². The third-order valence-electron chi connectivity index (χ3n) is 2.44. The summed E-state index contributed by atoms with van der Waals surface area (Å²) in [7, 11) is 1.78. The van der Waals surface area contributed by atoms with E-state index >= 15 is 0 Å². The zero-order valence-corrected chi connectivity index (χ0v) is 7.73. The van der Waals surface area contributed by atoms with E-state index in [1.165, 1.54) is 19.3 Å². The summed E-state index contributed by atoms with van der Waals surface area (Å²) in [5.74, 6) is 0.997. The van der Waals surface area contributed by atoms with Crippen molar-refractivity contribution in [1.82, 2.24) is 10.6 Å². The molecule has 0 atom stereocenters. The van der Waals surface area contributed by atoms with Gasteiger partial charge in [-0.15, -0.1) is 0 Å². The highest BCUT2D eigenvalue weighted by molar-refractivity contribution is 5.77. The Morgan fingerprint density at radius 3 is 2.75 bits per heavy atom. The lowest BCUT2D eigenvalue weighted by Crippen LogP contribution is -2.33. The topological polar surface area (TPSA) is 41.1 Å². The summed E-state index contributed by atoms with van der Waals surface area (Å²) in [6, 6.07) is 0. The Balaban J connectivity index is 1.90. The van der Waals surface area contributed by atoms with E-state index in [9.17, 15) is 4.79 Å². The van der Waals surface area contributed by atoms with Crippen LogP contribution in [0.15, 0.2) is 0 Å². The van der Waals surface area contributed by atoms with Crippen molar-refractivity contribution in [3.63, 3.8) is 0 Å². The lowest BCUT2D eigenvalue weighted by Gasteiger charge is -2.25. The van der Waals surface area contributed by atoms with Gasteiger partial charge in [0.1, 0.15) is 0 Å². The second-order valence-corrected chi connectivity index (χ2v) is 3.47. The summed E-state index contributed by atoms with van der Waals surface area (Å²) in [5, 5.41) is 5.70. The van der Waals surface area contributed by atoms with Gasteiger partial charge in [-0.2, -0.15) is 0 Å². The number of likely N-dealkylation sites (N-methyl/N-ethyl adjacent to an activating group) is 1. The van der Waals surface area contributed by atoms with Gasteiger partial charge in [0, 0.05) is 6.54 Å². The normalized spacial score (nSPS) is 17.1. The van der Waals surface area contributed by atoms with E-state index in [-0.39, 0.29) is 5.91 Å². The van der Waals surface area contributed by atoms with Gasteiger partial charge in [-0.3, -0.25) is 4.79 Å². The summed E-state index contributed by atoms with van der Waals surface area (Å²) in [4.78, 5) is 11.0. The van der Waals surface area contributed by atoms with Crippen LogP contribution in [0.4, 0.5) is 0 Å². The first kappa shape index (κ1) is 9.52. The van der Waals surface area contributed by atoms with E-state index < -0.39 is 0 Å². The van der Waals surface area contributed by atoms with Crippen LogP contribution in [-0.4, -0.2) is 26.0 Å². The molecule has 12 heavy (non-hydrogen) atoms. The molecular formula is C9H18N2O. The number of nitrogens with one attached hydrogen (secondary N) is 2. The predicted octanol–water partition coefficient (Wildman–Crippen LogP) is 0.512. The molecule has 0 radical (unpaired) electrons. The number of carbonyl (C=O) groups is 1. The molecule has 0 aliphatic heterocycles. The number of hydrogen-bond acceptors (Lipinski definition) is 2. The van der Waals surface area contributed by atoms with Gasteiger partial charge in [0.05, 0.1) is 6.54 Å². The lowest BCUT2D eigenvalue weighted by atomic mass is 9.83. The second kappa shape index (κ2) is 5.14. The van der Waals surface area contributed by atoms with E-state index in [4.69, 9.17) is 0 Å². The van der Waals surface area contributed by atoms with E-state index in [2.05, 4.69) is 10.6 Å². The minimum Gasteiger partial charge on any atom is -0.355 e. The van der Waals surface area contributed by atoms with Gasteiger partial charge >= 0.3 is 0 Å². The Morgan fingerprint density at radius 2 is 2.25 bits per heavy atom. The number of rotatable bonds is 5. The molecule has 1 rings (SSSR count). The summed E-state index contributed by atoms with van der Waals surface area (Å²) in [6.45, 7) is 1.29. The van der Waals surface area contributed by atoms with Gasteiger partial charge in [-0.05, 0) is 19.4 Å². The maximum absolute atomic E-state index is 11.0. The molecule has 70 valence electrons. The molecule has 0 aromatic rings. The molecule has 0 unspecified atom stereocenters. The molecule has 1 amide bonds. The molecule has 1 aliphatic carbocycles. The van der Waals surface area contributed by atoms with Gasteiger partial charge in [-0.25, -0.2) is 0 Å². The van der Waals surface area contributed by atoms with Crippen molar-refractivity contribution in [3.8, 4) is 0 Å². The molecule has 0 heterocycles. The number of hydrogen-bond donors (Lipinski definition) is 2. The van der Waals surface area contributed by atoms with Crippen LogP contribution >= 0.6 is 0 Å². The molecule has 3 heteroatoms. The first-order chi connectivity index (χ1) is 5.83. The van der Waals surface area contributed by atoms with Crippen LogP contribution in [0.5, 0.6) is 0 Å². The number of amides is 1. The van der Waals surface area contributed by atoms with E-state index in [0.29, 0.717) is 6.54 Å². The lowest BCUT2D eigenvalue weighted by molar-refractivity contribution is -0.120. The molecular weight excluding hydrogens is 152 g/mol. The summed E-state index contributed by atoms with van der Waals surface area (Å²) >= 11 is 0. The van der Waals surface area contributed by atoms with Gasteiger partial charge in [0.2, 0.25) is 5.91 Å². The Morgan fingerprint density at radius 1 is 1.50 bits per heavy atom. The Hall–Kier alpha value is -0.570. The van der Waals surface area contributed by atoms with Crippen LogP contribution in [-0.2, 0) is 4.79 Å². The van der Waals surface area contributed by atoms with Crippen molar-refractivity contribution in [3.05, 3.63) is 0 Å². The van der Waals surface area contributed by atoms with Crippen LogP contribution in [0.2, 0.25) is 0 Å². The van der Waals surface area contributed by atoms with Gasteiger partial charge in [-0.1, -0.05) is 19.3 Å². The van der Waals surface area contributed by atoms with Gasteiger partial charge in [0.25, 0.3) is 0 Å². The fourth-order valence-electron chi connectivity index (χ4n) is 1.42. The van der Waals surface area contributed by atoms with E-state index in [0.717, 1.165) is 18.9 Å². The van der Waals surface area contributed by atoms with Crippen molar-refractivity contribution < 1.29 is 4.79 Å². The van der Waals surface area contributed by atoms with Crippen molar-refractivity contribution in [2.45, 2.75) is 25.7 Å². The highest BCUT2D eigenvalue weighted by Gasteiger charge is 2.16. The first-order valence-electron chi connectivity index (χ1n) is 4.74. The highest BCUT2D eigenvalue weighted by Crippen LogP contribution is 2.28. The molecule has 2 N–H and O–H groups in total. The largest absolute Gasteiger partial charge is 0.355 e. The van der Waals surface area contributed by atoms with Crippen molar-refractivity contribution in [2.75, 3.05) is 20.1 Å².